The molecular formula is C17H23N3O4. The third kappa shape index (κ3) is 4.55. The second-order valence-electron chi connectivity index (χ2n) is 6.15. The van der Waals surface area contributed by atoms with Gasteiger partial charge in [0.05, 0.1) is 6.54 Å². The van der Waals surface area contributed by atoms with Gasteiger partial charge in [-0.15, -0.1) is 0 Å². The Balaban J connectivity index is 2.00. The van der Waals surface area contributed by atoms with Crippen molar-refractivity contribution in [3.05, 3.63) is 29.8 Å². The third-order valence-corrected chi connectivity index (χ3v) is 4.04. The Bertz CT molecular complexity index is 630. The van der Waals surface area contributed by atoms with E-state index in [0.29, 0.717) is 24.2 Å². The molecule has 2 rings (SSSR count). The van der Waals surface area contributed by atoms with Crippen LogP contribution in [0.25, 0.3) is 0 Å². The van der Waals surface area contributed by atoms with E-state index in [1.807, 2.05) is 0 Å². The van der Waals surface area contributed by atoms with Crippen molar-refractivity contribution in [3.63, 3.8) is 0 Å². The molecule has 0 spiro atoms. The van der Waals surface area contributed by atoms with Gasteiger partial charge < -0.3 is 15.3 Å². The average Bonchev–Trinajstić information content (AvgIpc) is 2.54. The van der Waals surface area contributed by atoms with Crippen LogP contribution in [0.4, 0.5) is 5.69 Å². The van der Waals surface area contributed by atoms with Crippen molar-refractivity contribution >= 4 is 23.5 Å². The molecule has 1 aliphatic rings. The molecule has 0 saturated carbocycles. The van der Waals surface area contributed by atoms with Gasteiger partial charge in [-0.25, -0.2) is 0 Å². The second-order valence-corrected chi connectivity index (χ2v) is 6.15. The minimum Gasteiger partial charge on any atom is -0.480 e. The highest BCUT2D eigenvalue weighted by atomic mass is 16.4. The topological polar surface area (TPSA) is 90.0 Å². The largest absolute Gasteiger partial charge is 0.480 e. The summed E-state index contributed by atoms with van der Waals surface area (Å²) in [6.07, 6.45) is 2.32. The van der Waals surface area contributed by atoms with E-state index < -0.39 is 12.0 Å². The Labute approximate surface area is 141 Å². The summed E-state index contributed by atoms with van der Waals surface area (Å²) >= 11 is 0. The highest BCUT2D eigenvalue weighted by Gasteiger charge is 2.29. The number of carbonyl (C=O) groups excluding carboxylic acids is 2. The molecule has 0 radical (unpaired) electrons. The number of carboxylic acids is 1. The first-order valence-electron chi connectivity index (χ1n) is 7.97. The zero-order valence-corrected chi connectivity index (χ0v) is 14.0. The minimum atomic E-state index is -0.888. The van der Waals surface area contributed by atoms with Crippen LogP contribution in [-0.4, -0.2) is 65.9 Å². The van der Waals surface area contributed by atoms with E-state index in [-0.39, 0.29) is 18.4 Å². The zero-order chi connectivity index (χ0) is 17.7. The van der Waals surface area contributed by atoms with Crippen LogP contribution in [0.15, 0.2) is 24.3 Å². The van der Waals surface area contributed by atoms with Crippen molar-refractivity contribution in [2.24, 2.45) is 0 Å². The van der Waals surface area contributed by atoms with Gasteiger partial charge in [-0.2, -0.15) is 0 Å². The van der Waals surface area contributed by atoms with E-state index in [1.165, 1.54) is 4.90 Å². The minimum absolute atomic E-state index is 0.0306. The predicted octanol–water partition coefficient (Wildman–Crippen LogP) is 1.27. The van der Waals surface area contributed by atoms with Gasteiger partial charge in [0.15, 0.2) is 0 Å². The summed E-state index contributed by atoms with van der Waals surface area (Å²) in [5, 5.41) is 12.0. The fraction of sp³-hybridized carbons (Fsp3) is 0.471. The monoisotopic (exact) mass is 333 g/mol. The van der Waals surface area contributed by atoms with E-state index in [4.69, 9.17) is 0 Å². The van der Waals surface area contributed by atoms with Crippen LogP contribution in [0.5, 0.6) is 0 Å². The Morgan fingerprint density at radius 2 is 2.04 bits per heavy atom. The first-order chi connectivity index (χ1) is 11.4. The van der Waals surface area contributed by atoms with E-state index in [2.05, 4.69) is 5.32 Å². The molecule has 1 atom stereocenters. The number of aliphatic carboxylic acids is 1. The zero-order valence-electron chi connectivity index (χ0n) is 14.0. The maximum Gasteiger partial charge on any atom is 0.320 e. The number of rotatable bonds is 5. The standard InChI is InChI=1S/C17H23N3O4/c1-19(2)16(22)12-6-5-7-13(10-12)18-15(21)11-20-9-4-3-8-14(20)17(23)24/h5-7,10,14H,3-4,8-9,11H2,1-2H3,(H,18,21)(H,23,24). The molecule has 0 aliphatic carbocycles. The lowest BCUT2D eigenvalue weighted by Crippen LogP contribution is -2.47. The number of hydrogen-bond donors (Lipinski definition) is 2. The molecule has 1 saturated heterocycles. The van der Waals surface area contributed by atoms with Crippen LogP contribution < -0.4 is 5.32 Å². The predicted molar refractivity (Wildman–Crippen MR) is 89.9 cm³/mol. The second kappa shape index (κ2) is 7.92. The number of hydrogen-bond acceptors (Lipinski definition) is 4. The van der Waals surface area contributed by atoms with E-state index >= 15 is 0 Å². The Morgan fingerprint density at radius 1 is 1.29 bits per heavy atom. The first kappa shape index (κ1) is 17.9. The quantitative estimate of drug-likeness (QED) is 0.847. The fourth-order valence-electron chi connectivity index (χ4n) is 2.83. The molecule has 7 nitrogen and oxygen atoms in total. The van der Waals surface area contributed by atoms with E-state index in [1.54, 1.807) is 43.3 Å². The van der Waals surface area contributed by atoms with Gasteiger partial charge in [0, 0.05) is 25.3 Å². The van der Waals surface area contributed by atoms with Crippen molar-refractivity contribution in [2.45, 2.75) is 25.3 Å². The summed E-state index contributed by atoms with van der Waals surface area (Å²) in [6, 6.07) is 6.10. The van der Waals surface area contributed by atoms with Crippen LogP contribution in [-0.2, 0) is 9.59 Å². The summed E-state index contributed by atoms with van der Waals surface area (Å²) < 4.78 is 0. The van der Waals surface area contributed by atoms with Crippen LogP contribution in [0.1, 0.15) is 29.6 Å². The van der Waals surface area contributed by atoms with E-state index in [0.717, 1.165) is 12.8 Å². The summed E-state index contributed by atoms with van der Waals surface area (Å²) in [5.74, 6) is -1.31. The number of amides is 2. The van der Waals surface area contributed by atoms with Crippen molar-refractivity contribution in [3.8, 4) is 0 Å². The molecule has 0 aromatic heterocycles. The Kier molecular flexibility index (Phi) is 5.92. The lowest BCUT2D eigenvalue weighted by molar-refractivity contribution is -0.145. The van der Waals surface area contributed by atoms with Gasteiger partial charge in [0.25, 0.3) is 5.91 Å². The molecule has 2 N–H and O–H groups in total. The van der Waals surface area contributed by atoms with Crippen molar-refractivity contribution in [1.29, 1.82) is 0 Å². The van der Waals surface area contributed by atoms with Crippen LogP contribution in [0, 0.1) is 0 Å². The molecule has 0 bridgehead atoms. The summed E-state index contributed by atoms with van der Waals surface area (Å²) in [4.78, 5) is 38.6. The third-order valence-electron chi connectivity index (χ3n) is 4.04. The molecule has 1 unspecified atom stereocenters. The number of piperidine rings is 1. The summed E-state index contributed by atoms with van der Waals surface area (Å²) in [5.41, 5.74) is 1.01. The maximum atomic E-state index is 12.2. The molecule has 130 valence electrons. The first-order valence-corrected chi connectivity index (χ1v) is 7.97. The number of nitrogens with one attached hydrogen (secondary N) is 1. The van der Waals surface area contributed by atoms with Crippen molar-refractivity contribution in [1.82, 2.24) is 9.80 Å². The molecule has 1 aliphatic heterocycles. The van der Waals surface area contributed by atoms with Crippen molar-refractivity contribution in [2.75, 3.05) is 32.5 Å². The van der Waals surface area contributed by atoms with Gasteiger partial charge in [-0.1, -0.05) is 12.5 Å². The van der Waals surface area contributed by atoms with Gasteiger partial charge >= 0.3 is 5.97 Å². The number of benzene rings is 1. The van der Waals surface area contributed by atoms with Crippen LogP contribution in [0.3, 0.4) is 0 Å². The Hall–Kier alpha value is -2.41. The van der Waals surface area contributed by atoms with Crippen LogP contribution >= 0.6 is 0 Å². The molecule has 1 heterocycles. The average molecular weight is 333 g/mol. The lowest BCUT2D eigenvalue weighted by atomic mass is 10.0. The molecular weight excluding hydrogens is 310 g/mol. The maximum absolute atomic E-state index is 12.2. The molecule has 1 fully saturated rings. The van der Waals surface area contributed by atoms with Gasteiger partial charge in [0.1, 0.15) is 6.04 Å². The number of likely N-dealkylation sites (tertiary alicyclic amines) is 1. The highest BCUT2D eigenvalue weighted by molar-refractivity contribution is 5.97. The summed E-state index contributed by atoms with van der Waals surface area (Å²) in [7, 11) is 3.33. The molecule has 2 amide bonds. The number of nitrogens with zero attached hydrogens (tertiary/aromatic N) is 2. The van der Waals surface area contributed by atoms with Gasteiger partial charge in [-0.3, -0.25) is 19.3 Å². The van der Waals surface area contributed by atoms with Crippen molar-refractivity contribution < 1.29 is 19.5 Å². The SMILES string of the molecule is CN(C)C(=O)c1cccc(NC(=O)CN2CCCCC2C(=O)O)c1. The van der Waals surface area contributed by atoms with Gasteiger partial charge in [-0.05, 0) is 37.6 Å². The normalized spacial score (nSPS) is 18.0. The number of carbonyl (C=O) groups is 3. The van der Waals surface area contributed by atoms with Gasteiger partial charge in [0.2, 0.25) is 5.91 Å². The highest BCUT2D eigenvalue weighted by Crippen LogP contribution is 2.17. The molecule has 7 heteroatoms. The molecule has 24 heavy (non-hydrogen) atoms. The number of anilines is 1. The Morgan fingerprint density at radius 3 is 2.71 bits per heavy atom. The van der Waals surface area contributed by atoms with Crippen LogP contribution in [0.2, 0.25) is 0 Å². The smallest absolute Gasteiger partial charge is 0.320 e. The summed E-state index contributed by atoms with van der Waals surface area (Å²) in [6.45, 7) is 0.631. The lowest BCUT2D eigenvalue weighted by Gasteiger charge is -2.32. The fourth-order valence-corrected chi connectivity index (χ4v) is 2.83. The van der Waals surface area contributed by atoms with E-state index in [9.17, 15) is 19.5 Å². The molecule has 1 aromatic rings. The number of carboxylic acid groups (broad SMARTS) is 1. The molecule has 1 aromatic carbocycles.